The molecular weight excluding hydrogens is 350 g/mol. The molecule has 0 radical (unpaired) electrons. The molecule has 0 atom stereocenters. The van der Waals surface area contributed by atoms with E-state index < -0.39 is 5.54 Å². The highest BCUT2D eigenvalue weighted by molar-refractivity contribution is 9.10. The zero-order chi connectivity index (χ0) is 15.6. The van der Waals surface area contributed by atoms with E-state index in [-0.39, 0.29) is 5.91 Å². The van der Waals surface area contributed by atoms with Crippen LogP contribution in [0, 0.1) is 6.92 Å². The summed E-state index contributed by atoms with van der Waals surface area (Å²) in [5.74, 6) is -0.131. The summed E-state index contributed by atoms with van der Waals surface area (Å²) in [6.07, 6.45) is 1.50. The van der Waals surface area contributed by atoms with Gasteiger partial charge in [-0.2, -0.15) is 0 Å². The van der Waals surface area contributed by atoms with Crippen molar-refractivity contribution in [2.24, 2.45) is 5.73 Å². The Bertz CT molecular complexity index is 568. The van der Waals surface area contributed by atoms with Gasteiger partial charge in [-0.25, -0.2) is 0 Å². The molecule has 1 aromatic carbocycles. The molecule has 1 saturated heterocycles. The zero-order valence-corrected chi connectivity index (χ0v) is 14.7. The second kappa shape index (κ2) is 6.42. The Labute approximate surface area is 139 Å². The molecule has 0 saturated carbocycles. The lowest BCUT2D eigenvalue weighted by Crippen LogP contribution is -2.61. The van der Waals surface area contributed by atoms with Crippen LogP contribution in [0.5, 0.6) is 0 Å². The topological polar surface area (TPSA) is 58.4 Å². The van der Waals surface area contributed by atoms with Crippen molar-refractivity contribution in [3.8, 4) is 0 Å². The van der Waals surface area contributed by atoms with Crippen LogP contribution in [0.4, 0.5) is 0 Å². The van der Waals surface area contributed by atoms with Crippen molar-refractivity contribution in [3.63, 3.8) is 0 Å². The van der Waals surface area contributed by atoms with Gasteiger partial charge in [0.15, 0.2) is 0 Å². The zero-order valence-electron chi connectivity index (χ0n) is 12.3. The maximum Gasteiger partial charge on any atom is 0.252 e. The number of amides is 1. The van der Waals surface area contributed by atoms with Crippen molar-refractivity contribution >= 4 is 39.0 Å². The minimum absolute atomic E-state index is 0.131. The van der Waals surface area contributed by atoms with Gasteiger partial charge in [-0.1, -0.05) is 34.2 Å². The summed E-state index contributed by atoms with van der Waals surface area (Å²) < 4.78 is 0.919. The molecule has 1 amide bonds. The van der Waals surface area contributed by atoms with Crippen LogP contribution >= 0.6 is 28.1 Å². The van der Waals surface area contributed by atoms with Gasteiger partial charge < -0.3 is 16.0 Å². The monoisotopic (exact) mass is 369 g/mol. The minimum atomic E-state index is -0.573. The lowest BCUT2D eigenvalue weighted by atomic mass is 9.87. The van der Waals surface area contributed by atoms with Gasteiger partial charge in [0, 0.05) is 23.1 Å². The number of hydrogen-bond acceptors (Lipinski definition) is 3. The van der Waals surface area contributed by atoms with Gasteiger partial charge in [-0.15, -0.1) is 0 Å². The molecule has 1 fully saturated rings. The first-order chi connectivity index (χ1) is 9.84. The second-order valence-electron chi connectivity index (χ2n) is 5.67. The molecule has 114 valence electrons. The summed E-state index contributed by atoms with van der Waals surface area (Å²) in [4.78, 5) is 15.1. The maximum atomic E-state index is 12.5. The summed E-state index contributed by atoms with van der Waals surface area (Å²) in [5, 5.41) is 3.06. The number of hydrogen-bond donors (Lipinski definition) is 2. The molecule has 1 aliphatic heterocycles. The number of benzene rings is 1. The Morgan fingerprint density at radius 1 is 1.43 bits per heavy atom. The molecule has 4 nitrogen and oxygen atoms in total. The number of halogens is 1. The fraction of sp³-hybridized carbons (Fsp3) is 0.467. The minimum Gasteiger partial charge on any atom is -0.391 e. The highest BCUT2D eigenvalue weighted by Gasteiger charge is 2.38. The molecule has 1 heterocycles. The van der Waals surface area contributed by atoms with E-state index in [9.17, 15) is 4.79 Å². The van der Waals surface area contributed by atoms with Crippen LogP contribution < -0.4 is 11.1 Å². The highest BCUT2D eigenvalue weighted by atomic mass is 79.9. The van der Waals surface area contributed by atoms with Gasteiger partial charge in [0.05, 0.1) is 10.5 Å². The number of nitrogens with one attached hydrogen (secondary N) is 1. The normalized spacial score (nSPS) is 18.2. The van der Waals surface area contributed by atoms with Crippen LogP contribution in [-0.4, -0.2) is 41.5 Å². The van der Waals surface area contributed by atoms with E-state index in [0.717, 1.165) is 36.0 Å². The molecule has 0 aliphatic carbocycles. The summed E-state index contributed by atoms with van der Waals surface area (Å²) in [7, 11) is 2.06. The molecule has 6 heteroatoms. The third kappa shape index (κ3) is 3.62. The second-order valence-corrected chi connectivity index (χ2v) is 6.96. The fourth-order valence-electron chi connectivity index (χ4n) is 2.46. The number of likely N-dealkylation sites (tertiary alicyclic amines) is 1. The van der Waals surface area contributed by atoms with Crippen LogP contribution in [0.2, 0.25) is 0 Å². The largest absolute Gasteiger partial charge is 0.391 e. The molecule has 21 heavy (non-hydrogen) atoms. The lowest BCUT2D eigenvalue weighted by Gasteiger charge is -2.40. The first kappa shape index (κ1) is 16.4. The SMILES string of the molecule is Cc1ccc(C(=O)NC2(C(N)=S)CCN(C)CC2)cc1Br. The van der Waals surface area contributed by atoms with Crippen LogP contribution in [0.1, 0.15) is 28.8 Å². The Morgan fingerprint density at radius 3 is 2.57 bits per heavy atom. The molecule has 3 N–H and O–H groups in total. The standard InChI is InChI=1S/C15H20BrN3OS/c1-10-3-4-11(9-12(10)16)13(20)18-15(14(17)21)5-7-19(2)8-6-15/h3-4,9H,5-8H2,1-2H3,(H2,17,21)(H,18,20). The van der Waals surface area contributed by atoms with Crippen molar-refractivity contribution in [2.75, 3.05) is 20.1 Å². The maximum absolute atomic E-state index is 12.5. The van der Waals surface area contributed by atoms with Crippen molar-refractivity contribution in [1.29, 1.82) is 0 Å². The van der Waals surface area contributed by atoms with E-state index in [1.54, 1.807) is 0 Å². The van der Waals surface area contributed by atoms with Crippen molar-refractivity contribution < 1.29 is 4.79 Å². The van der Waals surface area contributed by atoms with E-state index in [1.165, 1.54) is 0 Å². The molecule has 0 spiro atoms. The van der Waals surface area contributed by atoms with Crippen LogP contribution in [0.25, 0.3) is 0 Å². The van der Waals surface area contributed by atoms with Crippen molar-refractivity contribution in [2.45, 2.75) is 25.3 Å². The molecular formula is C15H20BrN3OS. The number of aryl methyl sites for hydroxylation is 1. The first-order valence-corrected chi connectivity index (χ1v) is 8.11. The molecule has 0 aromatic heterocycles. The van der Waals surface area contributed by atoms with Gasteiger partial charge in [0.25, 0.3) is 5.91 Å². The lowest BCUT2D eigenvalue weighted by molar-refractivity contribution is 0.0890. The number of nitrogens with zero attached hydrogens (tertiary/aromatic N) is 1. The predicted octanol–water partition coefficient (Wildman–Crippen LogP) is 2.24. The van der Waals surface area contributed by atoms with E-state index in [4.69, 9.17) is 18.0 Å². The van der Waals surface area contributed by atoms with Gasteiger partial charge in [0.2, 0.25) is 0 Å². The quantitative estimate of drug-likeness (QED) is 0.802. The first-order valence-electron chi connectivity index (χ1n) is 6.91. The molecule has 0 bridgehead atoms. The van der Waals surface area contributed by atoms with Gasteiger partial charge in [-0.05, 0) is 44.5 Å². The Balaban J connectivity index is 2.19. The van der Waals surface area contributed by atoms with Crippen LogP contribution in [-0.2, 0) is 0 Å². The number of nitrogens with two attached hydrogens (primary N) is 1. The van der Waals surface area contributed by atoms with Crippen LogP contribution in [0.3, 0.4) is 0 Å². The van der Waals surface area contributed by atoms with Gasteiger partial charge in [-0.3, -0.25) is 4.79 Å². The number of carbonyl (C=O) groups excluding carboxylic acids is 1. The van der Waals surface area contributed by atoms with E-state index in [2.05, 4.69) is 33.2 Å². The third-order valence-corrected chi connectivity index (χ3v) is 5.34. The fourth-order valence-corrected chi connectivity index (χ4v) is 3.09. The van der Waals surface area contributed by atoms with E-state index in [1.807, 2.05) is 25.1 Å². The Kier molecular flexibility index (Phi) is 5.01. The predicted molar refractivity (Wildman–Crippen MR) is 92.6 cm³/mol. The van der Waals surface area contributed by atoms with Gasteiger partial charge in [0.1, 0.15) is 0 Å². The van der Waals surface area contributed by atoms with Crippen LogP contribution in [0.15, 0.2) is 22.7 Å². The molecule has 1 aromatic rings. The molecule has 2 rings (SSSR count). The number of thiocarbonyl (C=S) groups is 1. The summed E-state index contributed by atoms with van der Waals surface area (Å²) >= 11 is 8.67. The van der Waals surface area contributed by atoms with Crippen molar-refractivity contribution in [1.82, 2.24) is 10.2 Å². The van der Waals surface area contributed by atoms with Gasteiger partial charge >= 0.3 is 0 Å². The average molecular weight is 370 g/mol. The smallest absolute Gasteiger partial charge is 0.252 e. The summed E-state index contributed by atoms with van der Waals surface area (Å²) in [5.41, 5.74) is 7.05. The molecule has 1 aliphatic rings. The molecule has 0 unspecified atom stereocenters. The summed E-state index contributed by atoms with van der Waals surface area (Å²) in [6, 6.07) is 5.56. The number of rotatable bonds is 3. The summed E-state index contributed by atoms with van der Waals surface area (Å²) in [6.45, 7) is 3.73. The average Bonchev–Trinajstić information content (AvgIpc) is 2.44. The highest BCUT2D eigenvalue weighted by Crippen LogP contribution is 2.24. The number of carbonyl (C=O) groups is 1. The van der Waals surface area contributed by atoms with Crippen molar-refractivity contribution in [3.05, 3.63) is 33.8 Å². The number of piperidine rings is 1. The van der Waals surface area contributed by atoms with E-state index >= 15 is 0 Å². The Hall–Kier alpha value is -0.980. The Morgan fingerprint density at radius 2 is 2.05 bits per heavy atom. The van der Waals surface area contributed by atoms with E-state index in [0.29, 0.717) is 10.6 Å². The third-order valence-electron chi connectivity index (χ3n) is 4.10.